The average Bonchev–Trinajstić information content (AvgIpc) is 2.32. The molecule has 0 aliphatic carbocycles. The van der Waals surface area contributed by atoms with Crippen LogP contribution in [-0.4, -0.2) is 9.97 Å². The van der Waals surface area contributed by atoms with Crippen LogP contribution in [0.15, 0.2) is 28.7 Å². The van der Waals surface area contributed by atoms with Gasteiger partial charge in [-0.05, 0) is 34.1 Å². The second-order valence-corrected chi connectivity index (χ2v) is 5.73. The molecule has 6 heteroatoms. The summed E-state index contributed by atoms with van der Waals surface area (Å²) in [6.07, 6.45) is 0. The molecule has 4 nitrogen and oxygen atoms in total. The van der Waals surface area contributed by atoms with Crippen molar-refractivity contribution in [3.8, 4) is 0 Å². The molecule has 0 saturated heterocycles. The van der Waals surface area contributed by atoms with Gasteiger partial charge in [0, 0.05) is 21.5 Å². The van der Waals surface area contributed by atoms with Gasteiger partial charge in [-0.25, -0.2) is 9.97 Å². The fraction of sp³-hybridized carbons (Fsp3) is 0.231. The molecule has 0 saturated carbocycles. The molecule has 0 radical (unpaired) electrons. The first-order valence-electron chi connectivity index (χ1n) is 5.82. The van der Waals surface area contributed by atoms with Gasteiger partial charge in [-0.15, -0.1) is 0 Å². The van der Waals surface area contributed by atoms with E-state index >= 15 is 0 Å². The molecule has 0 amide bonds. The molecule has 0 fully saturated rings. The molecule has 0 spiro atoms. The van der Waals surface area contributed by atoms with E-state index in [0.29, 0.717) is 22.5 Å². The fourth-order valence-electron chi connectivity index (χ4n) is 1.54. The van der Waals surface area contributed by atoms with Gasteiger partial charge in [0.1, 0.15) is 17.5 Å². The molecular weight excluding hydrogens is 328 g/mol. The van der Waals surface area contributed by atoms with E-state index in [-0.39, 0.29) is 5.92 Å². The van der Waals surface area contributed by atoms with Crippen LogP contribution in [0, 0.1) is 0 Å². The molecule has 0 atom stereocenters. The van der Waals surface area contributed by atoms with Crippen molar-refractivity contribution < 1.29 is 0 Å². The average molecular weight is 342 g/mol. The Labute approximate surface area is 125 Å². The van der Waals surface area contributed by atoms with Crippen molar-refractivity contribution in [2.75, 3.05) is 11.1 Å². The molecule has 1 aromatic heterocycles. The topological polar surface area (TPSA) is 63.8 Å². The standard InChI is InChI=1S/C13H14BrClN4/c1-7(2)13-18-11(16)6-12(19-13)17-10-4-3-8(15)5-9(10)14/h3-7H,1-2H3,(H3,16,17,18,19). The number of hydrogen-bond acceptors (Lipinski definition) is 4. The summed E-state index contributed by atoms with van der Waals surface area (Å²) >= 11 is 9.36. The summed E-state index contributed by atoms with van der Waals surface area (Å²) in [5.41, 5.74) is 6.66. The van der Waals surface area contributed by atoms with E-state index in [4.69, 9.17) is 17.3 Å². The summed E-state index contributed by atoms with van der Waals surface area (Å²) in [7, 11) is 0. The largest absolute Gasteiger partial charge is 0.384 e. The minimum absolute atomic E-state index is 0.220. The second kappa shape index (κ2) is 5.75. The number of nitrogens with two attached hydrogens (primary N) is 1. The van der Waals surface area contributed by atoms with Gasteiger partial charge in [-0.2, -0.15) is 0 Å². The number of nitrogens with zero attached hydrogens (tertiary/aromatic N) is 2. The van der Waals surface area contributed by atoms with Crippen molar-refractivity contribution in [2.24, 2.45) is 0 Å². The number of benzene rings is 1. The fourth-order valence-corrected chi connectivity index (χ4v) is 2.32. The highest BCUT2D eigenvalue weighted by atomic mass is 79.9. The Kier molecular flexibility index (Phi) is 4.27. The van der Waals surface area contributed by atoms with E-state index in [1.165, 1.54) is 0 Å². The van der Waals surface area contributed by atoms with E-state index in [0.717, 1.165) is 10.2 Å². The summed E-state index contributed by atoms with van der Waals surface area (Å²) in [6, 6.07) is 7.20. The summed E-state index contributed by atoms with van der Waals surface area (Å²) < 4.78 is 0.864. The predicted molar refractivity (Wildman–Crippen MR) is 83.0 cm³/mol. The lowest BCUT2D eigenvalue weighted by Gasteiger charge is -2.11. The maximum Gasteiger partial charge on any atom is 0.136 e. The normalized spacial score (nSPS) is 10.8. The Balaban J connectivity index is 2.32. The first-order valence-corrected chi connectivity index (χ1v) is 6.99. The quantitative estimate of drug-likeness (QED) is 0.871. The minimum Gasteiger partial charge on any atom is -0.384 e. The van der Waals surface area contributed by atoms with E-state index in [2.05, 4.69) is 31.2 Å². The number of aromatic nitrogens is 2. The molecule has 1 heterocycles. The van der Waals surface area contributed by atoms with Crippen LogP contribution in [0.5, 0.6) is 0 Å². The van der Waals surface area contributed by atoms with Crippen LogP contribution < -0.4 is 11.1 Å². The molecule has 2 aromatic rings. The van der Waals surface area contributed by atoms with Crippen molar-refractivity contribution in [3.05, 3.63) is 39.6 Å². The summed E-state index contributed by atoms with van der Waals surface area (Å²) in [4.78, 5) is 8.64. The van der Waals surface area contributed by atoms with Gasteiger partial charge in [0.05, 0.1) is 5.69 Å². The van der Waals surface area contributed by atoms with Crippen LogP contribution >= 0.6 is 27.5 Å². The molecule has 100 valence electrons. The molecule has 3 N–H and O–H groups in total. The molecule has 1 aromatic carbocycles. The molecule has 0 aliphatic rings. The van der Waals surface area contributed by atoms with Crippen LogP contribution in [0.25, 0.3) is 0 Å². The predicted octanol–water partition coefficient (Wildman–Crippen LogP) is 4.34. The Hall–Kier alpha value is -1.33. The number of rotatable bonds is 3. The highest BCUT2D eigenvalue weighted by molar-refractivity contribution is 9.10. The Morgan fingerprint density at radius 2 is 2.00 bits per heavy atom. The van der Waals surface area contributed by atoms with Crippen molar-refractivity contribution in [1.82, 2.24) is 9.97 Å². The summed E-state index contributed by atoms with van der Waals surface area (Å²) in [5, 5.41) is 3.87. The maximum absolute atomic E-state index is 5.91. The highest BCUT2D eigenvalue weighted by Crippen LogP contribution is 2.28. The van der Waals surface area contributed by atoms with Crippen LogP contribution in [0.4, 0.5) is 17.3 Å². The summed E-state index contributed by atoms with van der Waals surface area (Å²) in [6.45, 7) is 4.05. The van der Waals surface area contributed by atoms with Crippen molar-refractivity contribution >= 4 is 44.9 Å². The Bertz CT molecular complexity index is 601. The van der Waals surface area contributed by atoms with Gasteiger partial charge in [-0.3, -0.25) is 0 Å². The lowest BCUT2D eigenvalue weighted by molar-refractivity contribution is 0.779. The molecule has 19 heavy (non-hydrogen) atoms. The van der Waals surface area contributed by atoms with Gasteiger partial charge in [0.15, 0.2) is 0 Å². The SMILES string of the molecule is CC(C)c1nc(N)cc(Nc2ccc(Cl)cc2Br)n1. The third kappa shape index (κ3) is 3.58. The van der Waals surface area contributed by atoms with Gasteiger partial charge in [0.2, 0.25) is 0 Å². The van der Waals surface area contributed by atoms with E-state index < -0.39 is 0 Å². The van der Waals surface area contributed by atoms with Crippen LogP contribution in [-0.2, 0) is 0 Å². The molecule has 0 unspecified atom stereocenters. The number of hydrogen-bond donors (Lipinski definition) is 2. The molecule has 2 rings (SSSR count). The van der Waals surface area contributed by atoms with Gasteiger partial charge >= 0.3 is 0 Å². The van der Waals surface area contributed by atoms with Crippen LogP contribution in [0.1, 0.15) is 25.6 Å². The number of nitrogen functional groups attached to an aromatic ring is 1. The van der Waals surface area contributed by atoms with Gasteiger partial charge in [-0.1, -0.05) is 25.4 Å². The third-order valence-corrected chi connectivity index (χ3v) is 3.36. The first kappa shape index (κ1) is 14.1. The van der Waals surface area contributed by atoms with Crippen molar-refractivity contribution in [1.29, 1.82) is 0 Å². The zero-order chi connectivity index (χ0) is 14.0. The number of halogens is 2. The number of nitrogens with one attached hydrogen (secondary N) is 1. The molecular formula is C13H14BrClN4. The zero-order valence-electron chi connectivity index (χ0n) is 10.6. The van der Waals surface area contributed by atoms with Crippen LogP contribution in [0.2, 0.25) is 5.02 Å². The van der Waals surface area contributed by atoms with E-state index in [9.17, 15) is 0 Å². The van der Waals surface area contributed by atoms with Gasteiger partial charge < -0.3 is 11.1 Å². The lowest BCUT2D eigenvalue weighted by Crippen LogP contribution is -2.05. The molecule has 0 bridgehead atoms. The number of anilines is 3. The van der Waals surface area contributed by atoms with E-state index in [1.807, 2.05) is 32.0 Å². The maximum atomic E-state index is 5.91. The molecule has 0 aliphatic heterocycles. The Morgan fingerprint density at radius 3 is 2.63 bits per heavy atom. The zero-order valence-corrected chi connectivity index (χ0v) is 13.0. The monoisotopic (exact) mass is 340 g/mol. The van der Waals surface area contributed by atoms with Gasteiger partial charge in [0.25, 0.3) is 0 Å². The van der Waals surface area contributed by atoms with Crippen molar-refractivity contribution in [3.63, 3.8) is 0 Å². The minimum atomic E-state index is 0.220. The van der Waals surface area contributed by atoms with Crippen molar-refractivity contribution in [2.45, 2.75) is 19.8 Å². The highest BCUT2D eigenvalue weighted by Gasteiger charge is 2.08. The lowest BCUT2D eigenvalue weighted by atomic mass is 10.2. The first-order chi connectivity index (χ1) is 8.95. The third-order valence-electron chi connectivity index (χ3n) is 2.47. The van der Waals surface area contributed by atoms with E-state index in [1.54, 1.807) is 6.07 Å². The smallest absolute Gasteiger partial charge is 0.136 e. The summed E-state index contributed by atoms with van der Waals surface area (Å²) in [5.74, 6) is 2.05. The second-order valence-electron chi connectivity index (χ2n) is 4.44. The van der Waals surface area contributed by atoms with Crippen LogP contribution in [0.3, 0.4) is 0 Å². The Morgan fingerprint density at radius 1 is 1.26 bits per heavy atom.